The zero-order chi connectivity index (χ0) is 14.5. The first-order valence-corrected chi connectivity index (χ1v) is 7.91. The summed E-state index contributed by atoms with van der Waals surface area (Å²) in [5, 5.41) is 14.0. The summed E-state index contributed by atoms with van der Waals surface area (Å²) in [5.74, 6) is 0.313. The molecule has 0 radical (unpaired) electrons. The number of rotatable bonds is 5. The van der Waals surface area contributed by atoms with Gasteiger partial charge in [-0.25, -0.2) is 0 Å². The lowest BCUT2D eigenvalue weighted by Crippen LogP contribution is -2.41. The Morgan fingerprint density at radius 2 is 2.25 bits per heavy atom. The molecule has 1 heterocycles. The summed E-state index contributed by atoms with van der Waals surface area (Å²) >= 11 is 6.38. The van der Waals surface area contributed by atoms with E-state index >= 15 is 0 Å². The molecule has 1 aliphatic heterocycles. The van der Waals surface area contributed by atoms with E-state index in [1.54, 1.807) is 0 Å². The lowest BCUT2D eigenvalue weighted by atomic mass is 9.96. The lowest BCUT2D eigenvalue weighted by molar-refractivity contribution is 0.0971. The molecule has 1 aromatic carbocycles. The van der Waals surface area contributed by atoms with Crippen molar-refractivity contribution in [2.24, 2.45) is 5.92 Å². The Balaban J connectivity index is 2.01. The summed E-state index contributed by atoms with van der Waals surface area (Å²) < 4.78 is 0. The topological polar surface area (TPSA) is 35.5 Å². The van der Waals surface area contributed by atoms with Gasteiger partial charge in [0.15, 0.2) is 0 Å². The van der Waals surface area contributed by atoms with Gasteiger partial charge < -0.3 is 15.3 Å². The summed E-state index contributed by atoms with van der Waals surface area (Å²) in [6.07, 6.45) is 1.79. The molecule has 1 saturated heterocycles. The zero-order valence-electron chi connectivity index (χ0n) is 12.4. The van der Waals surface area contributed by atoms with Crippen LogP contribution in [-0.2, 0) is 6.54 Å². The largest absolute Gasteiger partial charge is 0.393 e. The van der Waals surface area contributed by atoms with Crippen molar-refractivity contribution in [3.05, 3.63) is 28.8 Å². The Labute approximate surface area is 126 Å². The van der Waals surface area contributed by atoms with Crippen LogP contribution in [-0.4, -0.2) is 30.8 Å². The highest BCUT2D eigenvalue weighted by molar-refractivity contribution is 6.31. The molecule has 3 nitrogen and oxygen atoms in total. The fourth-order valence-electron chi connectivity index (χ4n) is 2.64. The number of nitrogens with one attached hydrogen (secondary N) is 1. The third-order valence-electron chi connectivity index (χ3n) is 4.00. The van der Waals surface area contributed by atoms with E-state index in [0.29, 0.717) is 5.92 Å². The minimum atomic E-state index is -0.167. The summed E-state index contributed by atoms with van der Waals surface area (Å²) in [6, 6.07) is 6.30. The van der Waals surface area contributed by atoms with Crippen LogP contribution < -0.4 is 10.2 Å². The molecule has 0 aliphatic carbocycles. The molecule has 2 unspecified atom stereocenters. The van der Waals surface area contributed by atoms with Crippen LogP contribution >= 0.6 is 11.6 Å². The van der Waals surface area contributed by atoms with E-state index < -0.39 is 0 Å². The average Bonchev–Trinajstić information content (AvgIpc) is 2.44. The number of hydrogen-bond donors (Lipinski definition) is 2. The molecular weight excluding hydrogens is 272 g/mol. The molecule has 0 saturated carbocycles. The monoisotopic (exact) mass is 296 g/mol. The molecule has 0 spiro atoms. The van der Waals surface area contributed by atoms with Crippen LogP contribution in [0.5, 0.6) is 0 Å². The van der Waals surface area contributed by atoms with Gasteiger partial charge in [0.25, 0.3) is 0 Å². The first-order chi connectivity index (χ1) is 9.61. The molecule has 0 amide bonds. The van der Waals surface area contributed by atoms with Gasteiger partial charge in [0.05, 0.1) is 6.10 Å². The Kier molecular flexibility index (Phi) is 5.70. The average molecular weight is 297 g/mol. The molecule has 2 rings (SSSR count). The van der Waals surface area contributed by atoms with Gasteiger partial charge in [0.1, 0.15) is 0 Å². The van der Waals surface area contributed by atoms with Crippen LogP contribution in [0, 0.1) is 5.92 Å². The van der Waals surface area contributed by atoms with Crippen molar-refractivity contribution < 1.29 is 5.11 Å². The van der Waals surface area contributed by atoms with E-state index in [2.05, 4.69) is 42.3 Å². The van der Waals surface area contributed by atoms with Crippen molar-refractivity contribution in [2.45, 2.75) is 39.3 Å². The maximum atomic E-state index is 9.80. The van der Waals surface area contributed by atoms with Crippen molar-refractivity contribution in [2.75, 3.05) is 24.5 Å². The van der Waals surface area contributed by atoms with Gasteiger partial charge in [-0.2, -0.15) is 0 Å². The highest BCUT2D eigenvalue weighted by Crippen LogP contribution is 2.27. The fourth-order valence-corrected chi connectivity index (χ4v) is 2.89. The van der Waals surface area contributed by atoms with Gasteiger partial charge in [0, 0.05) is 30.3 Å². The van der Waals surface area contributed by atoms with Crippen LogP contribution in [0.25, 0.3) is 0 Å². The number of benzene rings is 1. The maximum absolute atomic E-state index is 9.80. The SMILES string of the molecule is CCCNCc1ccc(N2CCC(O)C(C)C2)cc1Cl. The van der Waals surface area contributed by atoms with Gasteiger partial charge in [-0.15, -0.1) is 0 Å². The number of nitrogens with zero attached hydrogens (tertiary/aromatic N) is 1. The van der Waals surface area contributed by atoms with E-state index in [-0.39, 0.29) is 6.10 Å². The minimum Gasteiger partial charge on any atom is -0.393 e. The van der Waals surface area contributed by atoms with Crippen molar-refractivity contribution in [3.63, 3.8) is 0 Å². The Bertz CT molecular complexity index is 438. The van der Waals surface area contributed by atoms with Gasteiger partial charge in [0.2, 0.25) is 0 Å². The fraction of sp³-hybridized carbons (Fsp3) is 0.625. The van der Waals surface area contributed by atoms with Gasteiger partial charge >= 0.3 is 0 Å². The van der Waals surface area contributed by atoms with Crippen molar-refractivity contribution in [1.82, 2.24) is 5.32 Å². The zero-order valence-corrected chi connectivity index (χ0v) is 13.2. The predicted molar refractivity (Wildman–Crippen MR) is 85.5 cm³/mol. The van der Waals surface area contributed by atoms with E-state index in [1.807, 2.05) is 0 Å². The molecule has 1 aliphatic rings. The summed E-state index contributed by atoms with van der Waals surface area (Å²) in [5.41, 5.74) is 2.31. The van der Waals surface area contributed by atoms with Crippen molar-refractivity contribution in [3.8, 4) is 0 Å². The smallest absolute Gasteiger partial charge is 0.0599 e. The second kappa shape index (κ2) is 7.30. The van der Waals surface area contributed by atoms with Crippen LogP contribution in [0.15, 0.2) is 18.2 Å². The van der Waals surface area contributed by atoms with Crippen LogP contribution in [0.4, 0.5) is 5.69 Å². The third kappa shape index (κ3) is 3.87. The third-order valence-corrected chi connectivity index (χ3v) is 4.36. The molecule has 2 atom stereocenters. The maximum Gasteiger partial charge on any atom is 0.0599 e. The Morgan fingerprint density at radius 3 is 2.90 bits per heavy atom. The minimum absolute atomic E-state index is 0.167. The quantitative estimate of drug-likeness (QED) is 0.820. The highest BCUT2D eigenvalue weighted by Gasteiger charge is 2.24. The van der Waals surface area contributed by atoms with Gasteiger partial charge in [-0.3, -0.25) is 0 Å². The van der Waals surface area contributed by atoms with E-state index in [9.17, 15) is 5.11 Å². The number of hydrogen-bond acceptors (Lipinski definition) is 3. The van der Waals surface area contributed by atoms with Crippen LogP contribution in [0.2, 0.25) is 5.02 Å². The van der Waals surface area contributed by atoms with Gasteiger partial charge in [-0.1, -0.05) is 31.5 Å². The van der Waals surface area contributed by atoms with E-state index in [0.717, 1.165) is 55.3 Å². The Hall–Kier alpha value is -0.770. The second-order valence-corrected chi connectivity index (χ2v) is 6.14. The van der Waals surface area contributed by atoms with Crippen LogP contribution in [0.1, 0.15) is 32.3 Å². The normalized spacial score (nSPS) is 23.1. The summed E-state index contributed by atoms with van der Waals surface area (Å²) in [4.78, 5) is 2.31. The number of aliphatic hydroxyl groups excluding tert-OH is 1. The number of aliphatic hydroxyl groups is 1. The van der Waals surface area contributed by atoms with Crippen LogP contribution in [0.3, 0.4) is 0 Å². The summed E-state index contributed by atoms with van der Waals surface area (Å²) in [6.45, 7) is 7.88. The second-order valence-electron chi connectivity index (χ2n) is 5.73. The van der Waals surface area contributed by atoms with E-state index in [4.69, 9.17) is 11.6 Å². The molecule has 2 N–H and O–H groups in total. The molecular formula is C16H25ClN2O. The lowest BCUT2D eigenvalue weighted by Gasteiger charge is -2.36. The van der Waals surface area contributed by atoms with Crippen molar-refractivity contribution >= 4 is 17.3 Å². The molecule has 1 fully saturated rings. The molecule has 1 aromatic rings. The first kappa shape index (κ1) is 15.6. The number of piperidine rings is 1. The molecule has 112 valence electrons. The standard InChI is InChI=1S/C16H25ClN2O/c1-3-7-18-10-13-4-5-14(9-15(13)17)19-8-6-16(20)12(2)11-19/h4-5,9,12,16,18,20H,3,6-8,10-11H2,1-2H3. The number of halogens is 1. The first-order valence-electron chi connectivity index (χ1n) is 7.54. The van der Waals surface area contributed by atoms with E-state index in [1.165, 1.54) is 0 Å². The Morgan fingerprint density at radius 1 is 1.45 bits per heavy atom. The molecule has 4 heteroatoms. The predicted octanol–water partition coefficient (Wildman–Crippen LogP) is 3.05. The molecule has 0 aromatic heterocycles. The number of anilines is 1. The summed E-state index contributed by atoms with van der Waals surface area (Å²) in [7, 11) is 0. The molecule has 20 heavy (non-hydrogen) atoms. The van der Waals surface area contributed by atoms with Crippen molar-refractivity contribution in [1.29, 1.82) is 0 Å². The molecule has 0 bridgehead atoms. The highest BCUT2D eigenvalue weighted by atomic mass is 35.5. The van der Waals surface area contributed by atoms with Gasteiger partial charge in [-0.05, 0) is 43.0 Å².